The van der Waals surface area contributed by atoms with Crippen molar-refractivity contribution >= 4 is 40.1 Å². The van der Waals surface area contributed by atoms with Gasteiger partial charge in [0.1, 0.15) is 22.9 Å². The van der Waals surface area contributed by atoms with E-state index in [9.17, 15) is 18.4 Å². The minimum atomic E-state index is -1.31. The SMILES string of the molecule is C[C@H](OC(=O)c1cc2cc(Cl)ccc2o1)C(=O)Nc1c(F)cccc1F. The Hall–Kier alpha value is -2.93. The van der Waals surface area contributed by atoms with Crippen molar-refractivity contribution in [2.45, 2.75) is 13.0 Å². The van der Waals surface area contributed by atoms with Gasteiger partial charge in [0.2, 0.25) is 5.76 Å². The van der Waals surface area contributed by atoms with E-state index in [1.165, 1.54) is 13.0 Å². The topological polar surface area (TPSA) is 68.5 Å². The summed E-state index contributed by atoms with van der Waals surface area (Å²) in [7, 11) is 0. The second kappa shape index (κ2) is 7.13. The van der Waals surface area contributed by atoms with Gasteiger partial charge in [0.25, 0.3) is 5.91 Å². The molecular weight excluding hydrogens is 368 g/mol. The Morgan fingerprint density at radius 2 is 1.85 bits per heavy atom. The molecule has 2 aromatic carbocycles. The number of halogens is 3. The Labute approximate surface area is 151 Å². The lowest BCUT2D eigenvalue weighted by atomic mass is 10.2. The van der Waals surface area contributed by atoms with Gasteiger partial charge in [-0.1, -0.05) is 17.7 Å². The normalized spacial score (nSPS) is 12.0. The van der Waals surface area contributed by atoms with Crippen molar-refractivity contribution in [3.8, 4) is 0 Å². The summed E-state index contributed by atoms with van der Waals surface area (Å²) in [6.07, 6.45) is -1.31. The van der Waals surface area contributed by atoms with Crippen molar-refractivity contribution in [2.24, 2.45) is 0 Å². The third kappa shape index (κ3) is 3.67. The lowest BCUT2D eigenvalue weighted by Crippen LogP contribution is -2.30. The highest BCUT2D eigenvalue weighted by atomic mass is 35.5. The molecule has 0 unspecified atom stereocenters. The number of hydrogen-bond donors (Lipinski definition) is 1. The molecule has 0 saturated heterocycles. The molecule has 8 heteroatoms. The van der Waals surface area contributed by atoms with Crippen LogP contribution in [-0.4, -0.2) is 18.0 Å². The number of ether oxygens (including phenoxy) is 1. The van der Waals surface area contributed by atoms with E-state index in [1.54, 1.807) is 18.2 Å². The molecule has 5 nitrogen and oxygen atoms in total. The van der Waals surface area contributed by atoms with E-state index < -0.39 is 35.3 Å². The van der Waals surface area contributed by atoms with E-state index in [-0.39, 0.29) is 5.76 Å². The molecular formula is C18H12ClF2NO4. The van der Waals surface area contributed by atoms with Gasteiger partial charge in [-0.15, -0.1) is 0 Å². The third-order valence-electron chi connectivity index (χ3n) is 3.54. The Morgan fingerprint density at radius 1 is 1.15 bits per heavy atom. The predicted octanol–water partition coefficient (Wildman–Crippen LogP) is 4.55. The van der Waals surface area contributed by atoms with Crippen molar-refractivity contribution in [1.82, 2.24) is 0 Å². The zero-order valence-corrected chi connectivity index (χ0v) is 14.1. The van der Waals surface area contributed by atoms with Crippen LogP contribution in [0.2, 0.25) is 5.02 Å². The standard InChI is InChI=1S/C18H12ClF2NO4/c1-9(17(23)22-16-12(20)3-2-4-13(16)21)25-18(24)15-8-10-7-11(19)5-6-14(10)26-15/h2-9H,1H3,(H,22,23)/t9-/m0/s1. The molecule has 3 aromatic rings. The average Bonchev–Trinajstić information content (AvgIpc) is 3.01. The van der Waals surface area contributed by atoms with E-state index in [1.807, 2.05) is 0 Å². The maximum Gasteiger partial charge on any atom is 0.375 e. The molecule has 0 aliphatic heterocycles. The number of rotatable bonds is 4. The van der Waals surface area contributed by atoms with Gasteiger partial charge in [-0.25, -0.2) is 13.6 Å². The molecule has 1 atom stereocenters. The summed E-state index contributed by atoms with van der Waals surface area (Å²) in [5, 5.41) is 3.12. The fourth-order valence-corrected chi connectivity index (χ4v) is 2.41. The van der Waals surface area contributed by atoms with Gasteiger partial charge in [-0.2, -0.15) is 0 Å². The fraction of sp³-hybridized carbons (Fsp3) is 0.111. The number of furan rings is 1. The molecule has 26 heavy (non-hydrogen) atoms. The van der Waals surface area contributed by atoms with E-state index in [0.29, 0.717) is 16.0 Å². The molecule has 0 fully saturated rings. The van der Waals surface area contributed by atoms with Crippen molar-refractivity contribution in [2.75, 3.05) is 5.32 Å². The maximum absolute atomic E-state index is 13.6. The van der Waals surface area contributed by atoms with Crippen LogP contribution in [0.15, 0.2) is 46.9 Å². The van der Waals surface area contributed by atoms with Gasteiger partial charge >= 0.3 is 5.97 Å². The van der Waals surface area contributed by atoms with Crippen LogP contribution in [0.4, 0.5) is 14.5 Å². The Balaban J connectivity index is 1.70. The van der Waals surface area contributed by atoms with E-state index in [2.05, 4.69) is 5.32 Å². The van der Waals surface area contributed by atoms with Gasteiger partial charge in [0, 0.05) is 10.4 Å². The van der Waals surface area contributed by atoms with Crippen LogP contribution in [0.1, 0.15) is 17.5 Å². The molecule has 1 aromatic heterocycles. The van der Waals surface area contributed by atoms with Gasteiger partial charge in [-0.05, 0) is 43.3 Å². The van der Waals surface area contributed by atoms with Gasteiger partial charge < -0.3 is 14.5 Å². The van der Waals surface area contributed by atoms with E-state index in [0.717, 1.165) is 18.2 Å². The zero-order valence-electron chi connectivity index (χ0n) is 13.4. The molecule has 0 radical (unpaired) electrons. The van der Waals surface area contributed by atoms with Crippen LogP contribution in [0.3, 0.4) is 0 Å². The first kappa shape index (κ1) is 17.9. The Bertz CT molecular complexity index is 982. The number of amides is 1. The van der Waals surface area contributed by atoms with E-state index in [4.69, 9.17) is 20.8 Å². The molecule has 0 aliphatic carbocycles. The van der Waals surface area contributed by atoms with E-state index >= 15 is 0 Å². The molecule has 1 amide bonds. The second-order valence-corrected chi connectivity index (χ2v) is 5.86. The molecule has 0 saturated carbocycles. The Kier molecular flexibility index (Phi) is 4.90. The number of carbonyl (C=O) groups excluding carboxylic acids is 2. The summed E-state index contributed by atoms with van der Waals surface area (Å²) in [6.45, 7) is 1.27. The largest absolute Gasteiger partial charge is 0.449 e. The van der Waals surface area contributed by atoms with Gasteiger partial charge in [0.05, 0.1) is 0 Å². The third-order valence-corrected chi connectivity index (χ3v) is 3.78. The summed E-state index contributed by atoms with van der Waals surface area (Å²) in [5.74, 6) is -3.79. The minimum Gasteiger partial charge on any atom is -0.449 e. The average molecular weight is 380 g/mol. The van der Waals surface area contributed by atoms with Crippen molar-refractivity contribution in [3.63, 3.8) is 0 Å². The first-order valence-corrected chi connectivity index (χ1v) is 7.88. The number of anilines is 1. The van der Waals surface area contributed by atoms with Crippen LogP contribution in [0.5, 0.6) is 0 Å². The quantitative estimate of drug-likeness (QED) is 0.675. The lowest BCUT2D eigenvalue weighted by Gasteiger charge is -2.13. The summed E-state index contributed by atoms with van der Waals surface area (Å²) in [5.41, 5.74) is -0.189. The van der Waals surface area contributed by atoms with Crippen molar-refractivity contribution < 1.29 is 27.5 Å². The molecule has 134 valence electrons. The van der Waals surface area contributed by atoms with Crippen LogP contribution in [0.25, 0.3) is 11.0 Å². The summed E-state index contributed by atoms with van der Waals surface area (Å²) in [6, 6.07) is 9.37. The molecule has 0 bridgehead atoms. The molecule has 1 N–H and O–H groups in total. The van der Waals surface area contributed by atoms with Crippen LogP contribution in [0, 0.1) is 11.6 Å². The van der Waals surface area contributed by atoms with Gasteiger partial charge in [0.15, 0.2) is 6.10 Å². The molecule has 0 aliphatic rings. The van der Waals surface area contributed by atoms with Gasteiger partial charge in [-0.3, -0.25) is 4.79 Å². The minimum absolute atomic E-state index is 0.126. The number of hydrogen-bond acceptors (Lipinski definition) is 4. The number of benzene rings is 2. The Morgan fingerprint density at radius 3 is 2.54 bits per heavy atom. The number of fused-ring (bicyclic) bond motifs is 1. The van der Waals surface area contributed by atoms with Crippen LogP contribution in [-0.2, 0) is 9.53 Å². The highest BCUT2D eigenvalue weighted by Gasteiger charge is 2.23. The molecule has 1 heterocycles. The lowest BCUT2D eigenvalue weighted by molar-refractivity contribution is -0.123. The van der Waals surface area contributed by atoms with Crippen LogP contribution < -0.4 is 5.32 Å². The van der Waals surface area contributed by atoms with Crippen molar-refractivity contribution in [1.29, 1.82) is 0 Å². The molecule has 3 rings (SSSR count). The monoisotopic (exact) mass is 379 g/mol. The molecule has 0 spiro atoms. The number of nitrogens with one attached hydrogen (secondary N) is 1. The maximum atomic E-state index is 13.6. The highest BCUT2D eigenvalue weighted by molar-refractivity contribution is 6.31. The fourth-order valence-electron chi connectivity index (χ4n) is 2.23. The highest BCUT2D eigenvalue weighted by Crippen LogP contribution is 2.24. The number of para-hydroxylation sites is 1. The number of carbonyl (C=O) groups is 2. The van der Waals surface area contributed by atoms with Crippen molar-refractivity contribution in [3.05, 3.63) is 64.9 Å². The summed E-state index contributed by atoms with van der Waals surface area (Å²) >= 11 is 5.86. The number of esters is 1. The van der Waals surface area contributed by atoms with Crippen LogP contribution >= 0.6 is 11.6 Å². The summed E-state index contributed by atoms with van der Waals surface area (Å²) < 4.78 is 37.5. The summed E-state index contributed by atoms with van der Waals surface area (Å²) in [4.78, 5) is 24.2. The zero-order chi connectivity index (χ0) is 18.8. The second-order valence-electron chi connectivity index (χ2n) is 5.43. The first-order valence-electron chi connectivity index (χ1n) is 7.50. The smallest absolute Gasteiger partial charge is 0.375 e. The first-order chi connectivity index (χ1) is 12.3. The predicted molar refractivity (Wildman–Crippen MR) is 91.1 cm³/mol.